The summed E-state index contributed by atoms with van der Waals surface area (Å²) < 4.78 is 38.7. The minimum atomic E-state index is -2.30. The first-order valence-electron chi connectivity index (χ1n) is 22.5. The van der Waals surface area contributed by atoms with Gasteiger partial charge in [0.2, 0.25) is 0 Å². The molecule has 0 aromatic heterocycles. The Morgan fingerprint density at radius 2 is 0.769 bits per heavy atom. The molecule has 324 valence electrons. The van der Waals surface area contributed by atoms with Crippen LogP contribution in [-0.2, 0) is 34.2 Å². The van der Waals surface area contributed by atoms with Crippen LogP contribution in [0.5, 0.6) is 0 Å². The second-order valence-electron chi connectivity index (χ2n) is 18.2. The SMILES string of the molecule is C[C@@H]([C@H](OP1OC(c2ccc3ccccc3c2)(c2ccc3ccccc3c2)[C@@H]2OC(C)(C)O[C@H]2C(c2ccc3ccccc3c2)(c2ccc3ccccc3c2)O1)c1ccccc1)N(C)C. The maximum Gasteiger partial charge on any atom is 0.336 e. The van der Waals surface area contributed by atoms with Gasteiger partial charge in [-0.05, 0) is 130 Å². The maximum absolute atomic E-state index is 8.03. The average Bonchev–Trinajstić information content (AvgIpc) is 3.63. The van der Waals surface area contributed by atoms with Gasteiger partial charge in [-0.1, -0.05) is 176 Å². The predicted octanol–water partition coefficient (Wildman–Crippen LogP) is 14.0. The molecule has 2 aliphatic rings. The molecule has 2 aliphatic heterocycles. The Hall–Kier alpha value is -5.79. The molecule has 2 heterocycles. The van der Waals surface area contributed by atoms with E-state index >= 15 is 0 Å². The molecule has 65 heavy (non-hydrogen) atoms. The van der Waals surface area contributed by atoms with Gasteiger partial charge in [-0.3, -0.25) is 9.05 Å². The third-order valence-electron chi connectivity index (χ3n) is 13.6. The fourth-order valence-corrected chi connectivity index (χ4v) is 11.8. The monoisotopic (exact) mass is 873 g/mol. The Labute approximate surface area is 382 Å². The summed E-state index contributed by atoms with van der Waals surface area (Å²) in [5, 5.41) is 8.82. The van der Waals surface area contributed by atoms with Crippen molar-refractivity contribution < 1.29 is 23.0 Å². The van der Waals surface area contributed by atoms with Gasteiger partial charge in [0.1, 0.15) is 18.3 Å². The number of hydrogen-bond donors (Lipinski definition) is 0. The van der Waals surface area contributed by atoms with Crippen molar-refractivity contribution in [3.63, 3.8) is 0 Å². The van der Waals surface area contributed by atoms with Crippen LogP contribution in [0.15, 0.2) is 200 Å². The molecule has 2 saturated heterocycles. The van der Waals surface area contributed by atoms with E-state index in [1.807, 2.05) is 19.9 Å². The molecule has 0 saturated carbocycles. The van der Waals surface area contributed by atoms with Crippen molar-refractivity contribution >= 4 is 51.7 Å². The molecule has 4 atom stereocenters. The minimum Gasteiger partial charge on any atom is -0.341 e. The van der Waals surface area contributed by atoms with Crippen molar-refractivity contribution in [2.75, 3.05) is 14.1 Å². The zero-order chi connectivity index (χ0) is 44.3. The smallest absolute Gasteiger partial charge is 0.336 e. The van der Waals surface area contributed by atoms with Crippen molar-refractivity contribution in [1.29, 1.82) is 0 Å². The zero-order valence-electron chi connectivity index (χ0n) is 37.3. The standard InChI is InChI=1S/C58H52NO5P/c1-39(59(4)5)53(44-21-7-6-8-22-44)62-65-63-57(49-31-27-40-17-9-13-23-45(40)35-49,50-32-28-41-18-10-14-24-46(41)36-50)54-55(61-56(2,3)60-54)58(64-65,51-33-29-42-19-11-15-25-47(42)37-51)52-34-30-43-20-12-16-26-48(43)38-52/h6-39,53-55H,1-5H3/t39-,53-,54+,55+/m0/s1. The lowest BCUT2D eigenvalue weighted by Gasteiger charge is -2.42. The summed E-state index contributed by atoms with van der Waals surface area (Å²) in [5.41, 5.74) is 1.98. The largest absolute Gasteiger partial charge is 0.341 e. The van der Waals surface area contributed by atoms with Crippen LogP contribution in [0.1, 0.15) is 54.7 Å². The third kappa shape index (κ3) is 7.35. The van der Waals surface area contributed by atoms with Gasteiger partial charge in [0.15, 0.2) is 17.0 Å². The molecule has 2 fully saturated rings. The number of rotatable bonds is 9. The van der Waals surface area contributed by atoms with E-state index in [-0.39, 0.29) is 6.04 Å². The molecule has 0 amide bonds. The van der Waals surface area contributed by atoms with E-state index in [2.05, 4.69) is 220 Å². The number of nitrogens with zero attached hydrogens (tertiary/aromatic N) is 1. The Balaban J connectivity index is 1.26. The third-order valence-corrected chi connectivity index (χ3v) is 14.9. The van der Waals surface area contributed by atoms with Crippen molar-refractivity contribution in [2.24, 2.45) is 0 Å². The van der Waals surface area contributed by atoms with E-state index in [9.17, 15) is 0 Å². The fraction of sp³-hybridized carbons (Fsp3) is 0.207. The van der Waals surface area contributed by atoms with Crippen molar-refractivity contribution in [2.45, 2.75) is 62.1 Å². The predicted molar refractivity (Wildman–Crippen MR) is 264 cm³/mol. The van der Waals surface area contributed by atoms with Crippen LogP contribution in [0, 0.1) is 0 Å². The van der Waals surface area contributed by atoms with Crippen LogP contribution in [0.25, 0.3) is 43.1 Å². The van der Waals surface area contributed by atoms with E-state index in [1.54, 1.807) is 0 Å². The van der Waals surface area contributed by atoms with Crippen LogP contribution in [0.4, 0.5) is 0 Å². The van der Waals surface area contributed by atoms with Gasteiger partial charge in [0, 0.05) is 6.04 Å². The van der Waals surface area contributed by atoms with E-state index in [4.69, 9.17) is 23.0 Å². The molecule has 0 aliphatic carbocycles. The quantitative estimate of drug-likeness (QED) is 0.135. The Kier molecular flexibility index (Phi) is 10.7. The minimum absolute atomic E-state index is 0.0761. The Morgan fingerprint density at radius 3 is 1.11 bits per heavy atom. The lowest BCUT2D eigenvalue weighted by molar-refractivity contribution is -0.177. The first-order chi connectivity index (χ1) is 31.6. The average molecular weight is 874 g/mol. The van der Waals surface area contributed by atoms with Gasteiger partial charge < -0.3 is 18.9 Å². The lowest BCUT2D eigenvalue weighted by Crippen LogP contribution is -2.53. The van der Waals surface area contributed by atoms with Gasteiger partial charge in [0.05, 0.1) is 0 Å². The lowest BCUT2D eigenvalue weighted by atomic mass is 9.71. The number of hydrogen-bond acceptors (Lipinski definition) is 6. The summed E-state index contributed by atoms with van der Waals surface area (Å²) in [6, 6.07) is 70.7. The van der Waals surface area contributed by atoms with E-state index < -0.39 is 43.9 Å². The summed E-state index contributed by atoms with van der Waals surface area (Å²) >= 11 is 0. The van der Waals surface area contributed by atoms with Crippen LogP contribution < -0.4 is 0 Å². The molecule has 0 bridgehead atoms. The van der Waals surface area contributed by atoms with Crippen molar-refractivity contribution in [3.05, 3.63) is 228 Å². The summed E-state index contributed by atoms with van der Waals surface area (Å²) in [6.45, 7) is 6.19. The number of likely N-dealkylation sites (N-methyl/N-ethyl adjacent to an activating group) is 1. The van der Waals surface area contributed by atoms with Gasteiger partial charge in [-0.15, -0.1) is 0 Å². The van der Waals surface area contributed by atoms with Crippen LogP contribution >= 0.6 is 8.60 Å². The summed E-state index contributed by atoms with van der Waals surface area (Å²) in [7, 11) is 1.87. The first kappa shape index (κ1) is 41.9. The normalized spacial score (nSPS) is 20.2. The van der Waals surface area contributed by atoms with Gasteiger partial charge in [0.25, 0.3) is 0 Å². The highest BCUT2D eigenvalue weighted by atomic mass is 31.2. The Morgan fingerprint density at radius 1 is 0.446 bits per heavy atom. The topological polar surface area (TPSA) is 49.4 Å². The summed E-state index contributed by atoms with van der Waals surface area (Å²) in [6.07, 6.45) is -2.02. The van der Waals surface area contributed by atoms with Crippen LogP contribution in [0.2, 0.25) is 0 Å². The molecule has 7 heteroatoms. The molecule has 0 spiro atoms. The molecular weight excluding hydrogens is 822 g/mol. The van der Waals surface area contributed by atoms with Crippen molar-refractivity contribution in [3.8, 4) is 0 Å². The molecular formula is C58H52NO5P. The zero-order valence-corrected chi connectivity index (χ0v) is 38.2. The second-order valence-corrected chi connectivity index (χ2v) is 19.3. The van der Waals surface area contributed by atoms with Crippen LogP contribution in [-0.4, -0.2) is 43.0 Å². The summed E-state index contributed by atoms with van der Waals surface area (Å²) in [5.74, 6) is -1.06. The second kappa shape index (κ2) is 16.6. The van der Waals surface area contributed by atoms with E-state index in [0.29, 0.717) is 0 Å². The number of benzene rings is 9. The first-order valence-corrected chi connectivity index (χ1v) is 23.6. The molecule has 9 aromatic carbocycles. The molecule has 0 unspecified atom stereocenters. The van der Waals surface area contributed by atoms with Crippen molar-refractivity contribution in [1.82, 2.24) is 4.90 Å². The van der Waals surface area contributed by atoms with Crippen LogP contribution in [0.3, 0.4) is 0 Å². The van der Waals surface area contributed by atoms with E-state index in [1.165, 1.54) is 0 Å². The highest BCUT2D eigenvalue weighted by Gasteiger charge is 2.67. The molecule has 0 N–H and O–H groups in total. The van der Waals surface area contributed by atoms with E-state index in [0.717, 1.165) is 70.9 Å². The number of ether oxygens (including phenoxy) is 2. The highest BCUT2D eigenvalue weighted by molar-refractivity contribution is 7.41. The van der Waals surface area contributed by atoms with Gasteiger partial charge in [-0.2, -0.15) is 0 Å². The highest BCUT2D eigenvalue weighted by Crippen LogP contribution is 2.66. The maximum atomic E-state index is 8.03. The molecule has 6 nitrogen and oxygen atoms in total. The van der Waals surface area contributed by atoms with Gasteiger partial charge in [-0.25, -0.2) is 0 Å². The fourth-order valence-electron chi connectivity index (χ4n) is 10.1. The molecule has 9 aromatic rings. The Bertz CT molecular complexity index is 2850. The van der Waals surface area contributed by atoms with Gasteiger partial charge >= 0.3 is 8.60 Å². The molecule has 11 rings (SSSR count). The summed E-state index contributed by atoms with van der Waals surface area (Å²) in [4.78, 5) is 2.19. The molecule has 0 radical (unpaired) electrons. The number of fused-ring (bicyclic) bond motifs is 5.